The molecule has 0 aliphatic rings. The molecule has 0 bridgehead atoms. The quantitative estimate of drug-likeness (QED) is 0.233. The van der Waals surface area contributed by atoms with Gasteiger partial charge in [0.2, 0.25) is 11.8 Å². The first-order valence-electron chi connectivity index (χ1n) is 14.5. The van der Waals surface area contributed by atoms with E-state index in [-0.39, 0.29) is 34.0 Å². The van der Waals surface area contributed by atoms with Gasteiger partial charge >= 0.3 is 11.4 Å². The first kappa shape index (κ1) is 32.8. The smallest absolute Gasteiger partial charge is 0.331 e. The SMILES string of the molecule is CCn1cc(O)n(CC(C)(C)CCCCOCCCOCCCCC(C)(C)Cn2c(O)cn(CC)c2=O)c1=O. The van der Waals surface area contributed by atoms with E-state index in [1.54, 1.807) is 0 Å². The van der Waals surface area contributed by atoms with Gasteiger partial charge in [0.15, 0.2) is 0 Å². The second-order valence-corrected chi connectivity index (χ2v) is 12.1. The largest absolute Gasteiger partial charge is 0.493 e. The van der Waals surface area contributed by atoms with Crippen molar-refractivity contribution in [2.24, 2.45) is 10.8 Å². The van der Waals surface area contributed by atoms with Gasteiger partial charge in [-0.25, -0.2) is 9.59 Å². The Morgan fingerprint density at radius 1 is 0.641 bits per heavy atom. The van der Waals surface area contributed by atoms with Crippen LogP contribution in [0, 0.1) is 10.8 Å². The van der Waals surface area contributed by atoms with E-state index >= 15 is 0 Å². The molecule has 2 rings (SSSR count). The Morgan fingerprint density at radius 2 is 1.00 bits per heavy atom. The minimum atomic E-state index is -0.157. The third kappa shape index (κ3) is 10.6. The van der Waals surface area contributed by atoms with Crippen LogP contribution in [-0.4, -0.2) is 54.9 Å². The summed E-state index contributed by atoms with van der Waals surface area (Å²) in [7, 11) is 0. The molecule has 0 aromatic carbocycles. The van der Waals surface area contributed by atoms with E-state index in [0.29, 0.717) is 52.6 Å². The molecule has 10 heteroatoms. The Labute approximate surface area is 233 Å². The van der Waals surface area contributed by atoms with Crippen LogP contribution in [0.1, 0.15) is 86.5 Å². The van der Waals surface area contributed by atoms with Crippen LogP contribution < -0.4 is 11.4 Å². The molecule has 0 spiro atoms. The van der Waals surface area contributed by atoms with Crippen LogP contribution in [0.25, 0.3) is 0 Å². The van der Waals surface area contributed by atoms with Gasteiger partial charge in [-0.2, -0.15) is 0 Å². The van der Waals surface area contributed by atoms with E-state index < -0.39 is 0 Å². The van der Waals surface area contributed by atoms with Crippen LogP contribution in [0.5, 0.6) is 11.8 Å². The lowest BCUT2D eigenvalue weighted by Gasteiger charge is -2.25. The lowest BCUT2D eigenvalue weighted by Crippen LogP contribution is -2.29. The van der Waals surface area contributed by atoms with E-state index in [0.717, 1.165) is 44.9 Å². The molecule has 2 aromatic rings. The van der Waals surface area contributed by atoms with Crippen molar-refractivity contribution in [1.82, 2.24) is 18.3 Å². The summed E-state index contributed by atoms with van der Waals surface area (Å²) in [4.78, 5) is 24.6. The summed E-state index contributed by atoms with van der Waals surface area (Å²) in [6.45, 7) is 17.1. The van der Waals surface area contributed by atoms with Crippen molar-refractivity contribution in [3.8, 4) is 11.8 Å². The highest BCUT2D eigenvalue weighted by molar-refractivity contribution is 5.06. The predicted molar refractivity (Wildman–Crippen MR) is 154 cm³/mol. The average Bonchev–Trinajstić information content (AvgIpc) is 3.30. The molecule has 39 heavy (non-hydrogen) atoms. The maximum absolute atomic E-state index is 12.3. The Morgan fingerprint density at radius 3 is 1.33 bits per heavy atom. The third-order valence-corrected chi connectivity index (χ3v) is 7.26. The van der Waals surface area contributed by atoms with Gasteiger partial charge in [-0.05, 0) is 56.8 Å². The number of unbranched alkanes of at least 4 members (excludes halogenated alkanes) is 2. The molecule has 2 heterocycles. The third-order valence-electron chi connectivity index (χ3n) is 7.26. The van der Waals surface area contributed by atoms with Gasteiger partial charge in [-0.1, -0.05) is 40.5 Å². The minimum Gasteiger partial charge on any atom is -0.493 e. The van der Waals surface area contributed by atoms with Gasteiger partial charge in [0.05, 0.1) is 12.4 Å². The van der Waals surface area contributed by atoms with Crippen LogP contribution >= 0.6 is 0 Å². The second kappa shape index (κ2) is 15.4. The molecule has 0 radical (unpaired) electrons. The summed E-state index contributed by atoms with van der Waals surface area (Å²) in [5.41, 5.74) is -0.499. The minimum absolute atomic E-state index is 0.0296. The van der Waals surface area contributed by atoms with Gasteiger partial charge in [0.1, 0.15) is 0 Å². The van der Waals surface area contributed by atoms with Crippen LogP contribution in [0.2, 0.25) is 0 Å². The Balaban J connectivity index is 1.48. The summed E-state index contributed by atoms with van der Waals surface area (Å²) in [6.07, 6.45) is 9.69. The topological polar surface area (TPSA) is 113 Å². The fourth-order valence-electron chi connectivity index (χ4n) is 4.88. The zero-order valence-corrected chi connectivity index (χ0v) is 25.1. The Kier molecular flexibility index (Phi) is 12.9. The molecule has 0 saturated heterocycles. The first-order chi connectivity index (χ1) is 18.4. The summed E-state index contributed by atoms with van der Waals surface area (Å²) >= 11 is 0. The highest BCUT2D eigenvalue weighted by Gasteiger charge is 2.23. The lowest BCUT2D eigenvalue weighted by molar-refractivity contribution is 0.0773. The molecule has 2 N–H and O–H groups in total. The molecule has 0 unspecified atom stereocenters. The number of hydrogen-bond donors (Lipinski definition) is 2. The predicted octanol–water partition coefficient (Wildman–Crippen LogP) is 4.58. The molecule has 10 nitrogen and oxygen atoms in total. The average molecular weight is 553 g/mol. The Hall–Kier alpha value is -2.46. The van der Waals surface area contributed by atoms with Crippen LogP contribution in [0.4, 0.5) is 0 Å². The van der Waals surface area contributed by atoms with Crippen molar-refractivity contribution < 1.29 is 19.7 Å². The lowest BCUT2D eigenvalue weighted by atomic mass is 9.87. The molecule has 0 aliphatic carbocycles. The summed E-state index contributed by atoms with van der Waals surface area (Å²) in [5.74, 6) is 0.0591. The summed E-state index contributed by atoms with van der Waals surface area (Å²) < 4.78 is 17.5. The van der Waals surface area contributed by atoms with Crippen LogP contribution in [0.15, 0.2) is 22.0 Å². The Bertz CT molecular complexity index is 1020. The number of aromatic nitrogens is 4. The highest BCUT2D eigenvalue weighted by atomic mass is 16.5. The molecule has 0 amide bonds. The highest BCUT2D eigenvalue weighted by Crippen LogP contribution is 2.28. The number of imidazole rings is 2. The number of nitrogens with zero attached hydrogens (tertiary/aromatic N) is 4. The zero-order chi connectivity index (χ0) is 29.1. The molecule has 0 atom stereocenters. The maximum atomic E-state index is 12.3. The van der Waals surface area contributed by atoms with Crippen molar-refractivity contribution in [3.05, 3.63) is 33.4 Å². The fourth-order valence-corrected chi connectivity index (χ4v) is 4.88. The summed E-state index contributed by atoms with van der Waals surface area (Å²) in [6, 6.07) is 0. The number of ether oxygens (including phenoxy) is 2. The first-order valence-corrected chi connectivity index (χ1v) is 14.5. The van der Waals surface area contributed by atoms with Gasteiger partial charge < -0.3 is 19.7 Å². The van der Waals surface area contributed by atoms with Gasteiger partial charge in [-0.3, -0.25) is 18.3 Å². The molecule has 0 fully saturated rings. The number of aryl methyl sites for hydroxylation is 2. The van der Waals surface area contributed by atoms with Gasteiger partial charge in [0.25, 0.3) is 0 Å². The van der Waals surface area contributed by atoms with Crippen molar-refractivity contribution >= 4 is 0 Å². The summed E-state index contributed by atoms with van der Waals surface area (Å²) in [5, 5.41) is 20.2. The van der Waals surface area contributed by atoms with Gasteiger partial charge in [0, 0.05) is 52.6 Å². The standard InChI is InChI=1S/C29H52N4O6/c1-7-30-20-24(34)32(26(30)36)22-28(3,4)14-9-11-16-38-18-13-19-39-17-12-10-15-29(5,6)23-33-25(35)21-31(8-2)27(33)37/h20-21,34-35H,7-19,22-23H2,1-6H3. The van der Waals surface area contributed by atoms with Crippen molar-refractivity contribution in [1.29, 1.82) is 0 Å². The zero-order valence-electron chi connectivity index (χ0n) is 25.1. The molecule has 224 valence electrons. The number of hydrogen-bond acceptors (Lipinski definition) is 6. The van der Waals surface area contributed by atoms with Crippen LogP contribution in [-0.2, 0) is 35.7 Å². The molecule has 2 aromatic heterocycles. The van der Waals surface area contributed by atoms with E-state index in [1.165, 1.54) is 30.7 Å². The molecular weight excluding hydrogens is 500 g/mol. The van der Waals surface area contributed by atoms with Crippen molar-refractivity contribution in [2.75, 3.05) is 26.4 Å². The van der Waals surface area contributed by atoms with E-state index in [2.05, 4.69) is 27.7 Å². The second-order valence-electron chi connectivity index (χ2n) is 12.1. The fraction of sp³-hybridized carbons (Fsp3) is 0.793. The monoisotopic (exact) mass is 552 g/mol. The molecular formula is C29H52N4O6. The van der Waals surface area contributed by atoms with Crippen molar-refractivity contribution in [3.63, 3.8) is 0 Å². The number of rotatable bonds is 20. The van der Waals surface area contributed by atoms with E-state index in [1.807, 2.05) is 13.8 Å². The maximum Gasteiger partial charge on any atom is 0.331 e. The van der Waals surface area contributed by atoms with E-state index in [9.17, 15) is 19.8 Å². The van der Waals surface area contributed by atoms with Crippen molar-refractivity contribution in [2.45, 2.75) is 113 Å². The number of aromatic hydroxyl groups is 2. The molecule has 0 saturated carbocycles. The van der Waals surface area contributed by atoms with Gasteiger partial charge in [-0.15, -0.1) is 0 Å². The van der Waals surface area contributed by atoms with Crippen LogP contribution in [0.3, 0.4) is 0 Å². The van der Waals surface area contributed by atoms with E-state index in [4.69, 9.17) is 9.47 Å². The normalized spacial score (nSPS) is 12.5. The molecule has 0 aliphatic heterocycles.